The Morgan fingerprint density at radius 3 is 2.53 bits per heavy atom. The minimum absolute atomic E-state index is 0.789. The Balaban J connectivity index is 1.81. The van der Waals surface area contributed by atoms with Crippen LogP contribution in [0.25, 0.3) is 0 Å². The lowest BCUT2D eigenvalue weighted by molar-refractivity contribution is 0.701. The molecule has 0 saturated heterocycles. The van der Waals surface area contributed by atoms with Crippen molar-refractivity contribution in [2.45, 2.75) is 13.1 Å². The first-order chi connectivity index (χ1) is 7.34. The molecule has 0 fully saturated rings. The SMILES string of the molecule is Clc1ccc(CNCc2cccs2)cc1. The molecule has 1 heterocycles. The van der Waals surface area contributed by atoms with E-state index in [0.29, 0.717) is 0 Å². The largest absolute Gasteiger partial charge is 0.308 e. The molecule has 0 saturated carbocycles. The van der Waals surface area contributed by atoms with Gasteiger partial charge in [-0.2, -0.15) is 0 Å². The number of halogens is 1. The second-order valence-electron chi connectivity index (χ2n) is 3.31. The molecule has 0 atom stereocenters. The van der Waals surface area contributed by atoms with E-state index in [1.807, 2.05) is 24.3 Å². The quantitative estimate of drug-likeness (QED) is 0.855. The number of hydrogen-bond acceptors (Lipinski definition) is 2. The van der Waals surface area contributed by atoms with Gasteiger partial charge in [0.15, 0.2) is 0 Å². The molecule has 0 spiro atoms. The van der Waals surface area contributed by atoms with Gasteiger partial charge < -0.3 is 5.32 Å². The van der Waals surface area contributed by atoms with Crippen molar-refractivity contribution in [1.29, 1.82) is 0 Å². The minimum Gasteiger partial charge on any atom is -0.308 e. The molecule has 0 aliphatic rings. The zero-order valence-electron chi connectivity index (χ0n) is 8.24. The maximum atomic E-state index is 5.81. The molecule has 78 valence electrons. The number of nitrogens with one attached hydrogen (secondary N) is 1. The van der Waals surface area contributed by atoms with Crippen LogP contribution >= 0.6 is 22.9 Å². The van der Waals surface area contributed by atoms with Gasteiger partial charge in [-0.15, -0.1) is 11.3 Å². The van der Waals surface area contributed by atoms with E-state index in [4.69, 9.17) is 11.6 Å². The minimum atomic E-state index is 0.789. The topological polar surface area (TPSA) is 12.0 Å². The van der Waals surface area contributed by atoms with Crippen LogP contribution in [-0.2, 0) is 13.1 Å². The molecule has 15 heavy (non-hydrogen) atoms. The van der Waals surface area contributed by atoms with Gasteiger partial charge in [-0.05, 0) is 29.1 Å². The molecule has 1 N–H and O–H groups in total. The normalized spacial score (nSPS) is 10.5. The van der Waals surface area contributed by atoms with E-state index in [-0.39, 0.29) is 0 Å². The van der Waals surface area contributed by atoms with E-state index in [2.05, 4.69) is 22.8 Å². The average Bonchev–Trinajstić information content (AvgIpc) is 2.74. The third-order valence-electron chi connectivity index (χ3n) is 2.12. The first-order valence-electron chi connectivity index (χ1n) is 4.82. The highest BCUT2D eigenvalue weighted by atomic mass is 35.5. The van der Waals surface area contributed by atoms with E-state index in [1.165, 1.54) is 10.4 Å². The van der Waals surface area contributed by atoms with Gasteiger partial charge in [0, 0.05) is 23.0 Å². The highest BCUT2D eigenvalue weighted by Crippen LogP contribution is 2.10. The molecule has 0 bridgehead atoms. The van der Waals surface area contributed by atoms with Crippen molar-refractivity contribution in [3.8, 4) is 0 Å². The van der Waals surface area contributed by atoms with E-state index in [1.54, 1.807) is 11.3 Å². The molecule has 1 nitrogen and oxygen atoms in total. The van der Waals surface area contributed by atoms with Crippen molar-refractivity contribution in [2.75, 3.05) is 0 Å². The standard InChI is InChI=1S/C12H12ClNS/c13-11-5-3-10(4-6-11)8-14-9-12-2-1-7-15-12/h1-7,14H,8-9H2. The van der Waals surface area contributed by atoms with Crippen molar-refractivity contribution in [3.05, 3.63) is 57.2 Å². The third-order valence-corrected chi connectivity index (χ3v) is 3.25. The summed E-state index contributed by atoms with van der Waals surface area (Å²) < 4.78 is 0. The molecular formula is C12H12ClNS. The van der Waals surface area contributed by atoms with E-state index in [0.717, 1.165) is 18.1 Å². The molecule has 0 aliphatic carbocycles. The lowest BCUT2D eigenvalue weighted by Crippen LogP contribution is -2.11. The van der Waals surface area contributed by atoms with Crippen LogP contribution < -0.4 is 5.32 Å². The zero-order valence-corrected chi connectivity index (χ0v) is 9.81. The monoisotopic (exact) mass is 237 g/mol. The first-order valence-corrected chi connectivity index (χ1v) is 6.08. The van der Waals surface area contributed by atoms with Gasteiger partial charge >= 0.3 is 0 Å². The van der Waals surface area contributed by atoms with E-state index in [9.17, 15) is 0 Å². The molecule has 1 aromatic heterocycles. The summed E-state index contributed by atoms with van der Waals surface area (Å²) in [6.45, 7) is 1.81. The Kier molecular flexibility index (Phi) is 3.78. The van der Waals surface area contributed by atoms with Gasteiger partial charge in [-0.1, -0.05) is 29.8 Å². The lowest BCUT2D eigenvalue weighted by atomic mass is 10.2. The van der Waals surface area contributed by atoms with Crippen LogP contribution in [0.5, 0.6) is 0 Å². The van der Waals surface area contributed by atoms with Crippen LogP contribution in [0.2, 0.25) is 5.02 Å². The highest BCUT2D eigenvalue weighted by Gasteiger charge is 1.94. The predicted octanol–water partition coefficient (Wildman–Crippen LogP) is 3.69. The Hall–Kier alpha value is -0.830. The van der Waals surface area contributed by atoms with E-state index < -0.39 is 0 Å². The molecule has 0 unspecified atom stereocenters. The number of rotatable bonds is 4. The summed E-state index contributed by atoms with van der Waals surface area (Å²) in [5.41, 5.74) is 1.26. The van der Waals surface area contributed by atoms with Gasteiger partial charge in [0.2, 0.25) is 0 Å². The summed E-state index contributed by atoms with van der Waals surface area (Å²) in [5, 5.41) is 6.28. The fourth-order valence-electron chi connectivity index (χ4n) is 1.35. The van der Waals surface area contributed by atoms with Crippen molar-refractivity contribution >= 4 is 22.9 Å². The zero-order chi connectivity index (χ0) is 10.5. The molecule has 0 amide bonds. The summed E-state index contributed by atoms with van der Waals surface area (Å²) in [5.74, 6) is 0. The van der Waals surface area contributed by atoms with Crippen LogP contribution in [0.4, 0.5) is 0 Å². The highest BCUT2D eigenvalue weighted by molar-refractivity contribution is 7.09. The second kappa shape index (κ2) is 5.31. The molecule has 0 radical (unpaired) electrons. The Labute approximate surface area is 98.7 Å². The predicted molar refractivity (Wildman–Crippen MR) is 66.3 cm³/mol. The van der Waals surface area contributed by atoms with Gasteiger partial charge in [0.05, 0.1) is 0 Å². The van der Waals surface area contributed by atoms with Crippen LogP contribution in [0.3, 0.4) is 0 Å². The Morgan fingerprint density at radius 1 is 1.07 bits per heavy atom. The fourth-order valence-corrected chi connectivity index (χ4v) is 2.15. The van der Waals surface area contributed by atoms with Gasteiger partial charge in [0.25, 0.3) is 0 Å². The van der Waals surface area contributed by atoms with Gasteiger partial charge in [-0.25, -0.2) is 0 Å². The smallest absolute Gasteiger partial charge is 0.0406 e. The number of hydrogen-bond donors (Lipinski definition) is 1. The Bertz CT molecular complexity index is 394. The van der Waals surface area contributed by atoms with Crippen LogP contribution in [0.1, 0.15) is 10.4 Å². The molecule has 3 heteroatoms. The van der Waals surface area contributed by atoms with Crippen molar-refractivity contribution in [2.24, 2.45) is 0 Å². The average molecular weight is 238 g/mol. The summed E-state index contributed by atoms with van der Waals surface area (Å²) in [6.07, 6.45) is 0. The number of benzene rings is 1. The molecule has 2 rings (SSSR count). The summed E-state index contributed by atoms with van der Waals surface area (Å²) >= 11 is 7.59. The maximum Gasteiger partial charge on any atom is 0.0406 e. The van der Waals surface area contributed by atoms with Gasteiger partial charge in [-0.3, -0.25) is 0 Å². The maximum absolute atomic E-state index is 5.81. The third kappa shape index (κ3) is 3.34. The van der Waals surface area contributed by atoms with E-state index >= 15 is 0 Å². The van der Waals surface area contributed by atoms with Crippen LogP contribution in [-0.4, -0.2) is 0 Å². The second-order valence-corrected chi connectivity index (χ2v) is 4.78. The van der Waals surface area contributed by atoms with Crippen molar-refractivity contribution in [1.82, 2.24) is 5.32 Å². The summed E-state index contributed by atoms with van der Waals surface area (Å²) in [6, 6.07) is 12.1. The van der Waals surface area contributed by atoms with Crippen molar-refractivity contribution < 1.29 is 0 Å². The van der Waals surface area contributed by atoms with Crippen LogP contribution in [0, 0.1) is 0 Å². The lowest BCUT2D eigenvalue weighted by Gasteiger charge is -2.03. The fraction of sp³-hybridized carbons (Fsp3) is 0.167. The summed E-state index contributed by atoms with van der Waals surface area (Å²) in [7, 11) is 0. The van der Waals surface area contributed by atoms with Crippen LogP contribution in [0.15, 0.2) is 41.8 Å². The molecule has 1 aromatic carbocycles. The molecule has 0 aliphatic heterocycles. The first kappa shape index (κ1) is 10.7. The number of thiophene rings is 1. The molecule has 2 aromatic rings. The Morgan fingerprint density at radius 2 is 1.87 bits per heavy atom. The van der Waals surface area contributed by atoms with Crippen molar-refractivity contribution in [3.63, 3.8) is 0 Å². The molecular weight excluding hydrogens is 226 g/mol. The summed E-state index contributed by atoms with van der Waals surface area (Å²) in [4.78, 5) is 1.36. The van der Waals surface area contributed by atoms with Gasteiger partial charge in [0.1, 0.15) is 0 Å².